The molecule has 0 atom stereocenters. The Morgan fingerprint density at radius 3 is 2.89 bits per heavy atom. The third kappa shape index (κ3) is 2.01. The third-order valence-electron chi connectivity index (χ3n) is 3.66. The molecule has 0 spiro atoms. The zero-order valence-electron chi connectivity index (χ0n) is 10.1. The van der Waals surface area contributed by atoms with Crippen LogP contribution in [0.1, 0.15) is 12.8 Å². The van der Waals surface area contributed by atoms with Crippen LogP contribution < -0.4 is 11.0 Å². The van der Waals surface area contributed by atoms with Crippen molar-refractivity contribution in [2.45, 2.75) is 19.4 Å². The van der Waals surface area contributed by atoms with E-state index in [1.807, 2.05) is 0 Å². The van der Waals surface area contributed by atoms with Crippen LogP contribution in [0.2, 0.25) is 0 Å². The average molecular weight is 247 g/mol. The highest BCUT2D eigenvalue weighted by Crippen LogP contribution is 2.20. The monoisotopic (exact) mass is 247 g/mol. The number of H-pyrrole nitrogens is 1. The van der Waals surface area contributed by atoms with E-state index in [-0.39, 0.29) is 11.4 Å². The molecule has 1 aliphatic rings. The quantitative estimate of drug-likeness (QED) is 0.742. The summed E-state index contributed by atoms with van der Waals surface area (Å²) < 4.78 is 1.78. The van der Waals surface area contributed by atoms with Gasteiger partial charge in [0.15, 0.2) is 0 Å². The van der Waals surface area contributed by atoms with Crippen molar-refractivity contribution in [3.63, 3.8) is 0 Å². The third-order valence-corrected chi connectivity index (χ3v) is 3.66. The molecule has 1 fully saturated rings. The van der Waals surface area contributed by atoms with E-state index in [2.05, 4.69) is 10.3 Å². The number of hydrogen-bond acceptors (Lipinski definition) is 3. The fourth-order valence-corrected chi connectivity index (χ4v) is 2.66. The first kappa shape index (κ1) is 11.3. The Morgan fingerprint density at radius 2 is 2.11 bits per heavy atom. The van der Waals surface area contributed by atoms with Crippen molar-refractivity contribution in [2.24, 2.45) is 5.92 Å². The summed E-state index contributed by atoms with van der Waals surface area (Å²) in [5, 5.41) is 12.7. The van der Waals surface area contributed by atoms with Crippen LogP contribution in [0.15, 0.2) is 23.0 Å². The predicted molar refractivity (Wildman–Crippen MR) is 69.8 cm³/mol. The highest BCUT2D eigenvalue weighted by Gasteiger charge is 2.16. The molecule has 18 heavy (non-hydrogen) atoms. The minimum Gasteiger partial charge on any atom is -0.508 e. The molecule has 5 heteroatoms. The summed E-state index contributed by atoms with van der Waals surface area (Å²) in [6.45, 7) is 2.82. The van der Waals surface area contributed by atoms with Gasteiger partial charge < -0.3 is 15.4 Å². The van der Waals surface area contributed by atoms with Gasteiger partial charge in [-0.3, -0.25) is 4.57 Å². The predicted octanol–water partition coefficient (Wildman–Crippen LogP) is 1.03. The molecule has 1 aromatic carbocycles. The van der Waals surface area contributed by atoms with Crippen LogP contribution in [-0.2, 0) is 6.54 Å². The summed E-state index contributed by atoms with van der Waals surface area (Å²) in [5.41, 5.74) is 1.49. The molecule has 0 bridgehead atoms. The maximum atomic E-state index is 11.9. The summed E-state index contributed by atoms with van der Waals surface area (Å²) in [4.78, 5) is 14.7. The van der Waals surface area contributed by atoms with Gasteiger partial charge in [0.05, 0.1) is 11.0 Å². The summed E-state index contributed by atoms with van der Waals surface area (Å²) >= 11 is 0. The lowest BCUT2D eigenvalue weighted by Gasteiger charge is -2.22. The van der Waals surface area contributed by atoms with Crippen LogP contribution in [0.25, 0.3) is 11.0 Å². The Kier molecular flexibility index (Phi) is 2.83. The van der Waals surface area contributed by atoms with Gasteiger partial charge in [0.1, 0.15) is 5.75 Å². The van der Waals surface area contributed by atoms with Crippen molar-refractivity contribution in [3.05, 3.63) is 28.7 Å². The fourth-order valence-electron chi connectivity index (χ4n) is 2.66. The molecule has 3 N–H and O–H groups in total. The molecule has 0 radical (unpaired) electrons. The Bertz CT molecular complexity index is 608. The lowest BCUT2D eigenvalue weighted by atomic mass is 9.98. The molecule has 0 unspecified atom stereocenters. The standard InChI is InChI=1S/C13H17N3O2/c17-10-1-2-12-11(7-10)15-13(18)16(12)8-9-3-5-14-6-4-9/h1-2,7,9,14,17H,3-6,8H2,(H,15,18). The number of aromatic hydroxyl groups is 1. The first-order chi connectivity index (χ1) is 8.74. The number of aromatic amines is 1. The van der Waals surface area contributed by atoms with Crippen molar-refractivity contribution >= 4 is 11.0 Å². The Morgan fingerprint density at radius 1 is 1.33 bits per heavy atom. The van der Waals surface area contributed by atoms with E-state index < -0.39 is 0 Å². The van der Waals surface area contributed by atoms with Gasteiger partial charge in [-0.05, 0) is 44.0 Å². The number of aromatic nitrogens is 2. The van der Waals surface area contributed by atoms with Gasteiger partial charge in [-0.2, -0.15) is 0 Å². The first-order valence-corrected chi connectivity index (χ1v) is 6.36. The molecule has 5 nitrogen and oxygen atoms in total. The van der Waals surface area contributed by atoms with Crippen LogP contribution in [0.3, 0.4) is 0 Å². The molecule has 96 valence electrons. The molecule has 1 aromatic heterocycles. The number of rotatable bonds is 2. The Balaban J connectivity index is 1.95. The van der Waals surface area contributed by atoms with E-state index in [1.165, 1.54) is 0 Å². The van der Waals surface area contributed by atoms with Gasteiger partial charge in [0.2, 0.25) is 0 Å². The van der Waals surface area contributed by atoms with Crippen LogP contribution in [0.5, 0.6) is 5.75 Å². The smallest absolute Gasteiger partial charge is 0.326 e. The zero-order chi connectivity index (χ0) is 12.5. The molecule has 2 aromatic rings. The Labute approximate surface area is 104 Å². The number of nitrogens with zero attached hydrogens (tertiary/aromatic N) is 1. The van der Waals surface area contributed by atoms with Gasteiger partial charge in [-0.15, -0.1) is 0 Å². The minimum atomic E-state index is -0.0888. The normalized spacial score (nSPS) is 17.3. The van der Waals surface area contributed by atoms with Gasteiger partial charge in [0, 0.05) is 12.6 Å². The van der Waals surface area contributed by atoms with E-state index in [0.29, 0.717) is 11.4 Å². The van der Waals surface area contributed by atoms with Crippen LogP contribution in [0.4, 0.5) is 0 Å². The van der Waals surface area contributed by atoms with Crippen molar-refractivity contribution in [2.75, 3.05) is 13.1 Å². The number of phenolic OH excluding ortho intramolecular Hbond substituents is 1. The van der Waals surface area contributed by atoms with E-state index in [1.54, 1.807) is 22.8 Å². The molecular formula is C13H17N3O2. The molecule has 0 aliphatic carbocycles. The molecule has 2 heterocycles. The SMILES string of the molecule is O=c1[nH]c2cc(O)ccc2n1CC1CCNCC1. The first-order valence-electron chi connectivity index (χ1n) is 6.36. The molecular weight excluding hydrogens is 230 g/mol. The van der Waals surface area contributed by atoms with E-state index >= 15 is 0 Å². The van der Waals surface area contributed by atoms with E-state index in [4.69, 9.17) is 0 Å². The lowest BCUT2D eigenvalue weighted by Crippen LogP contribution is -2.31. The minimum absolute atomic E-state index is 0.0888. The summed E-state index contributed by atoms with van der Waals surface area (Å²) in [7, 11) is 0. The second-order valence-electron chi connectivity index (χ2n) is 4.94. The topological polar surface area (TPSA) is 70.0 Å². The number of nitrogens with one attached hydrogen (secondary N) is 2. The van der Waals surface area contributed by atoms with Crippen molar-refractivity contribution in [1.29, 1.82) is 0 Å². The summed E-state index contributed by atoms with van der Waals surface area (Å²) in [6, 6.07) is 5.01. The summed E-state index contributed by atoms with van der Waals surface area (Å²) in [6.07, 6.45) is 2.22. The second kappa shape index (κ2) is 4.49. The summed E-state index contributed by atoms with van der Waals surface area (Å²) in [5.74, 6) is 0.731. The lowest BCUT2D eigenvalue weighted by molar-refractivity contribution is 0.333. The maximum Gasteiger partial charge on any atom is 0.326 e. The zero-order valence-corrected chi connectivity index (χ0v) is 10.1. The average Bonchev–Trinajstić information content (AvgIpc) is 2.66. The Hall–Kier alpha value is -1.75. The van der Waals surface area contributed by atoms with Crippen molar-refractivity contribution in [3.8, 4) is 5.75 Å². The van der Waals surface area contributed by atoms with E-state index in [9.17, 15) is 9.90 Å². The van der Waals surface area contributed by atoms with Gasteiger partial charge in [-0.1, -0.05) is 0 Å². The van der Waals surface area contributed by atoms with E-state index in [0.717, 1.165) is 38.0 Å². The largest absolute Gasteiger partial charge is 0.508 e. The molecule has 1 saturated heterocycles. The highest BCUT2D eigenvalue weighted by atomic mass is 16.3. The highest BCUT2D eigenvalue weighted by molar-refractivity contribution is 5.76. The number of benzene rings is 1. The fraction of sp³-hybridized carbons (Fsp3) is 0.462. The van der Waals surface area contributed by atoms with Gasteiger partial charge in [-0.25, -0.2) is 4.79 Å². The van der Waals surface area contributed by atoms with Crippen LogP contribution >= 0.6 is 0 Å². The van der Waals surface area contributed by atoms with Gasteiger partial charge in [0.25, 0.3) is 0 Å². The number of fused-ring (bicyclic) bond motifs is 1. The number of hydrogen-bond donors (Lipinski definition) is 3. The molecule has 1 aliphatic heterocycles. The maximum absolute atomic E-state index is 11.9. The number of imidazole rings is 1. The van der Waals surface area contributed by atoms with Gasteiger partial charge >= 0.3 is 5.69 Å². The molecule has 3 rings (SSSR count). The molecule has 0 amide bonds. The van der Waals surface area contributed by atoms with Crippen molar-refractivity contribution < 1.29 is 5.11 Å². The number of phenols is 1. The number of piperidine rings is 1. The molecule has 0 saturated carbocycles. The van der Waals surface area contributed by atoms with Crippen molar-refractivity contribution in [1.82, 2.24) is 14.9 Å². The second-order valence-corrected chi connectivity index (χ2v) is 4.94. The van der Waals surface area contributed by atoms with Crippen LogP contribution in [0, 0.1) is 5.92 Å². The van der Waals surface area contributed by atoms with Crippen LogP contribution in [-0.4, -0.2) is 27.7 Å².